The normalized spacial score (nSPS) is 13.5. The Morgan fingerprint density at radius 2 is 1.79 bits per heavy atom. The highest BCUT2D eigenvalue weighted by Crippen LogP contribution is 2.40. The van der Waals surface area contributed by atoms with Crippen LogP contribution in [0.25, 0.3) is 0 Å². The molecule has 0 aliphatic rings. The maximum absolute atomic E-state index is 11.0. The van der Waals surface area contributed by atoms with E-state index in [0.29, 0.717) is 11.6 Å². The summed E-state index contributed by atoms with van der Waals surface area (Å²) in [7, 11) is -1.96. The summed E-state index contributed by atoms with van der Waals surface area (Å²) in [6.45, 7) is 11.2. The Morgan fingerprint density at radius 3 is 2.39 bits per heavy atom. The molecule has 1 atom stereocenters. The maximum atomic E-state index is 11.0. The lowest BCUT2D eigenvalue weighted by Crippen LogP contribution is -2.41. The van der Waals surface area contributed by atoms with Crippen LogP contribution >= 0.6 is 0 Å². The van der Waals surface area contributed by atoms with Crippen molar-refractivity contribution in [1.29, 1.82) is 0 Å². The summed E-state index contributed by atoms with van der Waals surface area (Å²) >= 11 is 0. The van der Waals surface area contributed by atoms with Gasteiger partial charge in [0.2, 0.25) is 5.89 Å². The molecule has 1 unspecified atom stereocenters. The van der Waals surface area contributed by atoms with E-state index in [1.807, 2.05) is 0 Å². The second-order valence-corrected chi connectivity index (χ2v) is 13.8. The van der Waals surface area contributed by atoms with Gasteiger partial charge < -0.3 is 8.84 Å². The van der Waals surface area contributed by atoms with Crippen LogP contribution in [-0.4, -0.2) is 19.6 Å². The van der Waals surface area contributed by atoms with Crippen molar-refractivity contribution < 1.29 is 13.6 Å². The van der Waals surface area contributed by atoms with Gasteiger partial charge >= 0.3 is 0 Å². The molecule has 0 spiro atoms. The van der Waals surface area contributed by atoms with E-state index < -0.39 is 8.32 Å². The Bertz CT molecular complexity index is 719. The van der Waals surface area contributed by atoms with Gasteiger partial charge in [0.25, 0.3) is 0 Å². The third-order valence-electron chi connectivity index (χ3n) is 5.70. The lowest BCUT2D eigenvalue weighted by atomic mass is 10.0. The van der Waals surface area contributed by atoms with E-state index in [9.17, 15) is 4.79 Å². The zero-order valence-corrected chi connectivity index (χ0v) is 19.0. The number of carbonyl (C=O) groups is 1. The van der Waals surface area contributed by atoms with Crippen LogP contribution in [-0.2, 0) is 10.8 Å². The van der Waals surface area contributed by atoms with Crippen LogP contribution in [0.3, 0.4) is 0 Å². The van der Waals surface area contributed by atoms with Gasteiger partial charge in [0.15, 0.2) is 14.6 Å². The number of hydrogen-bond donors (Lipinski definition) is 0. The van der Waals surface area contributed by atoms with Crippen LogP contribution < -0.4 is 0 Å². The molecule has 28 heavy (non-hydrogen) atoms. The van der Waals surface area contributed by atoms with Crippen LogP contribution in [0.5, 0.6) is 0 Å². The molecule has 0 saturated heterocycles. The molecule has 0 bridgehead atoms. The van der Waals surface area contributed by atoms with Gasteiger partial charge in [0.1, 0.15) is 18.1 Å². The number of aryl methyl sites for hydroxylation is 1. The molecule has 154 valence electrons. The molecule has 1 heterocycles. The van der Waals surface area contributed by atoms with E-state index in [0.717, 1.165) is 32.0 Å². The summed E-state index contributed by atoms with van der Waals surface area (Å²) in [5.41, 5.74) is 1.74. The summed E-state index contributed by atoms with van der Waals surface area (Å²) in [5, 5.41) is 0.112. The molecule has 0 radical (unpaired) electrons. The predicted octanol–water partition coefficient (Wildman–Crippen LogP) is 6.74. The lowest BCUT2D eigenvalue weighted by Gasteiger charge is -2.38. The molecule has 0 aliphatic carbocycles. The molecule has 0 saturated carbocycles. The Hall–Kier alpha value is -1.72. The minimum Gasteiger partial charge on any atom is -0.445 e. The van der Waals surface area contributed by atoms with Gasteiger partial charge in [-0.15, -0.1) is 0 Å². The number of hydrogen-bond acceptors (Lipinski definition) is 4. The molecule has 5 heteroatoms. The molecular formula is C23H35NO3Si. The first-order valence-electron chi connectivity index (χ1n) is 10.4. The fourth-order valence-corrected chi connectivity index (χ4v) is 4.21. The highest BCUT2D eigenvalue weighted by molar-refractivity contribution is 6.74. The third kappa shape index (κ3) is 6.71. The van der Waals surface area contributed by atoms with E-state index in [1.54, 1.807) is 0 Å². The Kier molecular flexibility index (Phi) is 8.19. The van der Waals surface area contributed by atoms with Gasteiger partial charge in [0.05, 0.1) is 0 Å². The minimum atomic E-state index is -1.96. The fourth-order valence-electron chi connectivity index (χ4n) is 2.93. The largest absolute Gasteiger partial charge is 0.445 e. The average Bonchev–Trinajstić information content (AvgIpc) is 3.12. The van der Waals surface area contributed by atoms with E-state index in [2.05, 4.69) is 69.2 Å². The van der Waals surface area contributed by atoms with Crippen molar-refractivity contribution >= 4 is 14.6 Å². The summed E-state index contributed by atoms with van der Waals surface area (Å²) in [6, 6.07) is 10.6. The van der Waals surface area contributed by atoms with Gasteiger partial charge in [-0.25, -0.2) is 4.98 Å². The molecule has 0 amide bonds. The number of carbonyl (C=O) groups excluding carboxylic acids is 1. The first-order valence-corrected chi connectivity index (χ1v) is 13.3. The minimum absolute atomic E-state index is 0.112. The number of unbranched alkanes of at least 4 members (excludes halogenated alkanes) is 3. The van der Waals surface area contributed by atoms with Crippen molar-refractivity contribution in [3.8, 4) is 0 Å². The SMILES string of the molecule is CC(C)(C)[Si](C)(C)OC(CCCCCCc1ccccc1)c1nc(C=O)co1. The third-order valence-corrected chi connectivity index (χ3v) is 10.2. The van der Waals surface area contributed by atoms with Gasteiger partial charge in [-0.2, -0.15) is 0 Å². The summed E-state index contributed by atoms with van der Waals surface area (Å²) < 4.78 is 12.2. The molecule has 4 nitrogen and oxygen atoms in total. The van der Waals surface area contributed by atoms with Crippen LogP contribution in [0.15, 0.2) is 41.0 Å². The molecule has 0 fully saturated rings. The molecule has 0 aliphatic heterocycles. The second-order valence-electron chi connectivity index (χ2n) is 9.03. The monoisotopic (exact) mass is 401 g/mol. The predicted molar refractivity (Wildman–Crippen MR) is 116 cm³/mol. The highest BCUT2D eigenvalue weighted by atomic mass is 28.4. The van der Waals surface area contributed by atoms with E-state index in [1.165, 1.54) is 24.7 Å². The van der Waals surface area contributed by atoms with E-state index in [-0.39, 0.29) is 11.1 Å². The zero-order valence-electron chi connectivity index (χ0n) is 18.0. The van der Waals surface area contributed by atoms with Crippen LogP contribution in [0, 0.1) is 0 Å². The van der Waals surface area contributed by atoms with Crippen LogP contribution in [0.2, 0.25) is 18.1 Å². The number of nitrogens with zero attached hydrogens (tertiary/aromatic N) is 1. The fraction of sp³-hybridized carbons (Fsp3) is 0.565. The smallest absolute Gasteiger partial charge is 0.222 e. The number of aromatic nitrogens is 1. The van der Waals surface area contributed by atoms with Crippen molar-refractivity contribution in [2.45, 2.75) is 83.5 Å². The zero-order chi connectivity index (χ0) is 20.6. The van der Waals surface area contributed by atoms with Crippen molar-refractivity contribution in [3.05, 3.63) is 53.7 Å². The summed E-state index contributed by atoms with van der Waals surface area (Å²) in [6.07, 6.45) is 8.59. The van der Waals surface area contributed by atoms with Crippen molar-refractivity contribution in [2.75, 3.05) is 0 Å². The quantitative estimate of drug-likeness (QED) is 0.237. The van der Waals surface area contributed by atoms with Gasteiger partial charge in [-0.05, 0) is 43.0 Å². The number of aldehydes is 1. The van der Waals surface area contributed by atoms with Crippen LogP contribution in [0.1, 0.15) is 80.9 Å². The number of rotatable bonds is 11. The van der Waals surface area contributed by atoms with E-state index in [4.69, 9.17) is 8.84 Å². The summed E-state index contributed by atoms with van der Waals surface area (Å²) in [4.78, 5) is 15.3. The summed E-state index contributed by atoms with van der Waals surface area (Å²) in [5.74, 6) is 0.538. The van der Waals surface area contributed by atoms with Gasteiger partial charge in [-0.1, -0.05) is 70.4 Å². The molecule has 1 aromatic carbocycles. The highest BCUT2D eigenvalue weighted by Gasteiger charge is 2.40. The van der Waals surface area contributed by atoms with Crippen molar-refractivity contribution in [2.24, 2.45) is 0 Å². The average molecular weight is 402 g/mol. The van der Waals surface area contributed by atoms with Crippen molar-refractivity contribution in [3.63, 3.8) is 0 Å². The van der Waals surface area contributed by atoms with Gasteiger partial charge in [0, 0.05) is 0 Å². The standard InChI is InChI=1S/C23H35NO3Si/c1-23(2,3)28(4,5)27-21(22-24-20(17-25)18-26-22)16-12-7-6-9-13-19-14-10-8-11-15-19/h8,10-11,14-15,17-18,21H,6-7,9,12-13,16H2,1-5H3. The van der Waals surface area contributed by atoms with Crippen molar-refractivity contribution in [1.82, 2.24) is 4.98 Å². The molecule has 2 aromatic rings. The van der Waals surface area contributed by atoms with Crippen LogP contribution in [0.4, 0.5) is 0 Å². The van der Waals surface area contributed by atoms with Gasteiger partial charge in [-0.3, -0.25) is 4.79 Å². The number of benzene rings is 1. The maximum Gasteiger partial charge on any atom is 0.222 e. The number of oxazole rings is 1. The molecule has 2 rings (SSSR count). The first-order chi connectivity index (χ1) is 13.2. The molecule has 0 N–H and O–H groups in total. The molecule has 1 aromatic heterocycles. The Balaban J connectivity index is 1.88. The Morgan fingerprint density at radius 1 is 1.11 bits per heavy atom. The molecular weight excluding hydrogens is 366 g/mol. The topological polar surface area (TPSA) is 52.3 Å². The lowest BCUT2D eigenvalue weighted by molar-refractivity contribution is 0.111. The second kappa shape index (κ2) is 10.2. The Labute approximate surface area is 170 Å². The first kappa shape index (κ1) is 22.6. The van der Waals surface area contributed by atoms with E-state index >= 15 is 0 Å².